The quantitative estimate of drug-likeness (QED) is 0.189. The number of para-hydroxylation sites is 1. The minimum atomic E-state index is -0.890. The van der Waals surface area contributed by atoms with Gasteiger partial charge >= 0.3 is 0 Å². The van der Waals surface area contributed by atoms with Crippen molar-refractivity contribution in [1.29, 1.82) is 0 Å². The summed E-state index contributed by atoms with van der Waals surface area (Å²) >= 11 is 0. The topological polar surface area (TPSA) is 46.0 Å². The maximum absolute atomic E-state index is 6.71. The molecule has 10 rings (SSSR count). The van der Waals surface area contributed by atoms with E-state index in [1.807, 2.05) is 0 Å². The van der Waals surface area contributed by atoms with Gasteiger partial charge in [-0.3, -0.25) is 8.80 Å². The van der Waals surface area contributed by atoms with E-state index in [0.717, 1.165) is 51.9 Å². The first-order chi connectivity index (χ1) is 25.2. The van der Waals surface area contributed by atoms with Gasteiger partial charge in [0.25, 0.3) is 0 Å². The highest BCUT2D eigenvalue weighted by Gasteiger charge is 2.43. The Kier molecular flexibility index (Phi) is 7.20. The summed E-state index contributed by atoms with van der Waals surface area (Å²) in [6.07, 6.45) is 12.2. The van der Waals surface area contributed by atoms with Gasteiger partial charge in [-0.1, -0.05) is 164 Å². The average molecular weight is 675 g/mol. The van der Waals surface area contributed by atoms with Gasteiger partial charge in [0.05, 0.1) is 5.92 Å². The maximum Gasteiger partial charge on any atom is 0.151 e. The average Bonchev–Trinajstić information content (AvgIpc) is 3.74. The van der Waals surface area contributed by atoms with Gasteiger partial charge in [-0.05, 0) is 28.3 Å². The monoisotopic (exact) mass is 674 g/mol. The number of rotatable bonds is 5. The molecule has 0 aromatic heterocycles. The van der Waals surface area contributed by atoms with E-state index in [-0.39, 0.29) is 18.0 Å². The Morgan fingerprint density at radius 1 is 0.706 bits per heavy atom. The summed E-state index contributed by atoms with van der Waals surface area (Å²) in [6, 6.07) is 45.0. The fourth-order valence-electron chi connectivity index (χ4n) is 8.65. The van der Waals surface area contributed by atoms with E-state index in [0.29, 0.717) is 5.54 Å². The molecule has 5 aromatic carbocycles. The minimum Gasteiger partial charge on any atom is -0.460 e. The lowest BCUT2D eigenvalue weighted by Gasteiger charge is -2.33. The molecule has 5 aliphatic rings. The Morgan fingerprint density at radius 3 is 2.16 bits per heavy atom. The predicted octanol–water partition coefficient (Wildman–Crippen LogP) is 9.31. The zero-order valence-corrected chi connectivity index (χ0v) is 29.3. The van der Waals surface area contributed by atoms with Gasteiger partial charge in [-0.15, -0.1) is 5.54 Å². The molecule has 2 aliphatic carbocycles. The van der Waals surface area contributed by atoms with Gasteiger partial charge in [0.1, 0.15) is 23.2 Å². The van der Waals surface area contributed by atoms with E-state index in [2.05, 4.69) is 170 Å². The van der Waals surface area contributed by atoms with Gasteiger partial charge in [0.2, 0.25) is 0 Å². The summed E-state index contributed by atoms with van der Waals surface area (Å²) in [5.41, 5.74) is 11.7. The highest BCUT2D eigenvalue weighted by molar-refractivity contribution is 6.80. The summed E-state index contributed by atoms with van der Waals surface area (Å²) in [5.74, 6) is 3.58. The van der Waals surface area contributed by atoms with Crippen molar-refractivity contribution in [2.75, 3.05) is 0 Å². The lowest BCUT2D eigenvalue weighted by molar-refractivity contribution is 0.376. The standard InChI is InChI=1S/C46H36N3OSi/c1-51-39-24-14-12-22-35(39)41-37(28-26-33(43(41)51)30-17-7-3-8-18-30)46-48-44(31-19-9-4-10-20-31)47-45(49-46)36-27-25-32(29-15-5-2-6-16-29)42-40(36)34-21-11-13-23-38(34)50-42/h2-23,25-28,36,39-40,45H,24H2,1H3,(H,47,48,49)/q-1. The van der Waals surface area contributed by atoms with E-state index in [1.165, 1.54) is 33.0 Å². The first-order valence-corrected chi connectivity index (χ1v) is 20.0. The molecule has 4 unspecified atom stereocenters. The van der Waals surface area contributed by atoms with Crippen LogP contribution in [0.25, 0.3) is 22.3 Å². The van der Waals surface area contributed by atoms with E-state index in [9.17, 15) is 0 Å². The largest absolute Gasteiger partial charge is 0.460 e. The number of ether oxygens (including phenoxy) is 1. The lowest BCUT2D eigenvalue weighted by Crippen LogP contribution is -2.41. The number of fused-ring (bicyclic) bond motifs is 6. The van der Waals surface area contributed by atoms with Crippen LogP contribution in [0.3, 0.4) is 0 Å². The van der Waals surface area contributed by atoms with Crippen molar-refractivity contribution >= 4 is 36.8 Å². The molecule has 1 N–H and O–H groups in total. The van der Waals surface area contributed by atoms with E-state index >= 15 is 0 Å². The van der Waals surface area contributed by atoms with Gasteiger partial charge in [-0.25, -0.2) is 9.98 Å². The third-order valence-electron chi connectivity index (χ3n) is 11.0. The van der Waals surface area contributed by atoms with Crippen molar-refractivity contribution in [2.24, 2.45) is 15.9 Å². The maximum atomic E-state index is 6.71. The van der Waals surface area contributed by atoms with Crippen molar-refractivity contribution in [3.8, 4) is 16.9 Å². The number of nitrogens with zero attached hydrogens (tertiary/aromatic N) is 2. The molecular weight excluding hydrogens is 639 g/mol. The van der Waals surface area contributed by atoms with E-state index in [4.69, 9.17) is 14.7 Å². The van der Waals surface area contributed by atoms with Gasteiger partial charge in [-0.2, -0.15) is 11.7 Å². The second-order valence-electron chi connectivity index (χ2n) is 13.9. The van der Waals surface area contributed by atoms with E-state index in [1.54, 1.807) is 0 Å². The molecule has 0 spiro atoms. The normalized spacial score (nSPS) is 22.5. The molecule has 5 aromatic rings. The molecule has 0 amide bonds. The van der Waals surface area contributed by atoms with Crippen LogP contribution in [0.2, 0.25) is 12.1 Å². The van der Waals surface area contributed by atoms with Crippen LogP contribution in [0.1, 0.15) is 40.2 Å². The molecule has 0 radical (unpaired) electrons. The molecule has 5 heteroatoms. The molecule has 4 nitrogen and oxygen atoms in total. The Morgan fingerprint density at radius 2 is 1.37 bits per heavy atom. The Hall–Kier alpha value is -5.78. The molecule has 0 saturated carbocycles. The summed E-state index contributed by atoms with van der Waals surface area (Å²) in [7, 11) is -0.890. The Bertz CT molecular complexity index is 2370. The molecular formula is C46H36N3OSi-. The van der Waals surface area contributed by atoms with Crippen molar-refractivity contribution < 1.29 is 4.74 Å². The Labute approximate surface area is 300 Å². The summed E-state index contributed by atoms with van der Waals surface area (Å²) in [6.45, 7) is 2.50. The number of allylic oxidation sites excluding steroid dienone is 7. The fourth-order valence-corrected chi connectivity index (χ4v) is 11.5. The summed E-state index contributed by atoms with van der Waals surface area (Å²) in [4.78, 5) is 11.0. The number of hydrogen-bond acceptors (Lipinski definition) is 4. The van der Waals surface area contributed by atoms with Crippen LogP contribution in [-0.2, 0) is 0 Å². The first kappa shape index (κ1) is 30.1. The number of nitrogens with one attached hydrogen (secondary N) is 1. The van der Waals surface area contributed by atoms with Crippen LogP contribution in [0.5, 0.6) is 5.75 Å². The van der Waals surface area contributed by atoms with Crippen molar-refractivity contribution in [1.82, 2.24) is 5.32 Å². The van der Waals surface area contributed by atoms with Crippen LogP contribution in [0, 0.1) is 5.92 Å². The third kappa shape index (κ3) is 4.95. The number of benzene rings is 5. The van der Waals surface area contributed by atoms with Crippen molar-refractivity contribution in [3.05, 3.63) is 191 Å². The lowest BCUT2D eigenvalue weighted by atomic mass is 9.77. The molecule has 246 valence electrons. The molecule has 3 aliphatic heterocycles. The molecule has 0 saturated heterocycles. The number of hydrogen-bond donors (Lipinski definition) is 1. The summed E-state index contributed by atoms with van der Waals surface area (Å²) in [5, 5.41) is 5.28. The highest BCUT2D eigenvalue weighted by atomic mass is 28.3. The van der Waals surface area contributed by atoms with Crippen LogP contribution >= 0.6 is 0 Å². The zero-order chi connectivity index (χ0) is 33.9. The van der Waals surface area contributed by atoms with E-state index < -0.39 is 8.80 Å². The second kappa shape index (κ2) is 12.2. The van der Waals surface area contributed by atoms with Crippen LogP contribution in [0.15, 0.2) is 174 Å². The first-order valence-electron chi connectivity index (χ1n) is 17.9. The molecule has 0 bridgehead atoms. The van der Waals surface area contributed by atoms with Gasteiger partial charge < -0.3 is 10.1 Å². The Balaban J connectivity index is 1.15. The minimum absolute atomic E-state index is 0.0116. The van der Waals surface area contributed by atoms with Crippen molar-refractivity contribution in [3.63, 3.8) is 0 Å². The SMILES string of the molecule is C[Si-]1c2c(-c3ccccc3)ccc(C3=NC(C4C=CC(c5ccccc5)=C5Oc6ccccc6C54)N=C(c4ccccc4)N3)c2C2=CC=CCC21. The molecule has 51 heavy (non-hydrogen) atoms. The van der Waals surface area contributed by atoms with Crippen molar-refractivity contribution in [2.45, 2.75) is 30.6 Å². The fraction of sp³-hybridized carbons (Fsp3) is 0.130. The second-order valence-corrected chi connectivity index (χ2v) is 16.4. The molecule has 4 atom stereocenters. The predicted molar refractivity (Wildman–Crippen MR) is 211 cm³/mol. The molecule has 0 fully saturated rings. The van der Waals surface area contributed by atoms with Crippen LogP contribution in [-0.4, -0.2) is 26.6 Å². The van der Waals surface area contributed by atoms with Gasteiger partial charge in [0, 0.05) is 28.2 Å². The smallest absolute Gasteiger partial charge is 0.151 e. The van der Waals surface area contributed by atoms with Gasteiger partial charge in [0.15, 0.2) is 6.17 Å². The molecule has 3 heterocycles. The number of amidine groups is 2. The zero-order valence-electron chi connectivity index (χ0n) is 28.3. The highest BCUT2D eigenvalue weighted by Crippen LogP contribution is 2.52. The summed E-state index contributed by atoms with van der Waals surface area (Å²) < 4.78 is 6.71. The van der Waals surface area contributed by atoms with Crippen LogP contribution in [0.4, 0.5) is 0 Å². The third-order valence-corrected chi connectivity index (χ3v) is 13.9. The van der Waals surface area contributed by atoms with Crippen LogP contribution < -0.4 is 15.2 Å². The number of aliphatic imine (C=N–C) groups is 2.